The Morgan fingerprint density at radius 3 is 2.20 bits per heavy atom. The predicted octanol–water partition coefficient (Wildman–Crippen LogP) is 4.68. The molecule has 0 saturated carbocycles. The van der Waals surface area contributed by atoms with Crippen LogP contribution < -0.4 is 0 Å². The minimum Gasteiger partial charge on any atom is -0.508 e. The number of benzene rings is 2. The molecule has 104 valence electrons. The second-order valence-electron chi connectivity index (χ2n) is 5.82. The van der Waals surface area contributed by atoms with Crippen LogP contribution in [0, 0.1) is 0 Å². The molecule has 0 heterocycles. The molecule has 2 aromatic rings. The third-order valence-electron chi connectivity index (χ3n) is 3.21. The first-order valence-corrected chi connectivity index (χ1v) is 7.22. The number of halogens is 1. The van der Waals surface area contributed by atoms with Crippen molar-refractivity contribution in [2.45, 2.75) is 26.2 Å². The van der Waals surface area contributed by atoms with Crippen LogP contribution in [0.3, 0.4) is 0 Å². The lowest BCUT2D eigenvalue weighted by Crippen LogP contribution is -2.11. The number of ketones is 1. The number of carbonyl (C=O) groups is 1. The predicted molar refractivity (Wildman–Crippen MR) is 84.4 cm³/mol. The summed E-state index contributed by atoms with van der Waals surface area (Å²) < 4.78 is 0.681. The Bertz CT molecular complexity index is 637. The third kappa shape index (κ3) is 3.10. The van der Waals surface area contributed by atoms with E-state index < -0.39 is 0 Å². The molecule has 0 bridgehead atoms. The van der Waals surface area contributed by atoms with Crippen LogP contribution in [0.2, 0.25) is 0 Å². The lowest BCUT2D eigenvalue weighted by atomic mass is 9.86. The fourth-order valence-corrected chi connectivity index (χ4v) is 2.39. The summed E-state index contributed by atoms with van der Waals surface area (Å²) >= 11 is 3.34. The summed E-state index contributed by atoms with van der Waals surface area (Å²) in [6.45, 7) is 6.40. The Morgan fingerprint density at radius 1 is 1.05 bits per heavy atom. The second-order valence-corrected chi connectivity index (χ2v) is 6.67. The van der Waals surface area contributed by atoms with E-state index in [4.69, 9.17) is 0 Å². The van der Waals surface area contributed by atoms with E-state index in [2.05, 4.69) is 36.7 Å². The molecule has 3 heteroatoms. The van der Waals surface area contributed by atoms with Gasteiger partial charge in [0.15, 0.2) is 5.78 Å². The van der Waals surface area contributed by atoms with E-state index >= 15 is 0 Å². The molecular weight excluding hydrogens is 316 g/mol. The molecule has 2 rings (SSSR count). The fraction of sp³-hybridized carbons (Fsp3) is 0.235. The second kappa shape index (κ2) is 5.41. The molecule has 0 aliphatic heterocycles. The molecule has 0 unspecified atom stereocenters. The normalized spacial score (nSPS) is 11.4. The van der Waals surface area contributed by atoms with E-state index in [9.17, 15) is 9.90 Å². The molecule has 2 aromatic carbocycles. The standard InChI is InChI=1S/C17H17BrO2/c1-17(2,3)12-6-4-11(5-7-12)16(20)14-10-13(19)8-9-15(14)18/h4-10,19H,1-3H3. The Kier molecular flexibility index (Phi) is 4.00. The van der Waals surface area contributed by atoms with Crippen molar-refractivity contribution >= 4 is 21.7 Å². The zero-order valence-corrected chi connectivity index (χ0v) is 13.4. The van der Waals surface area contributed by atoms with Gasteiger partial charge in [0.05, 0.1) is 0 Å². The monoisotopic (exact) mass is 332 g/mol. The first-order chi connectivity index (χ1) is 9.29. The molecular formula is C17H17BrO2. The lowest BCUT2D eigenvalue weighted by molar-refractivity contribution is 0.103. The van der Waals surface area contributed by atoms with Crippen LogP contribution in [-0.2, 0) is 5.41 Å². The number of hydrogen-bond acceptors (Lipinski definition) is 2. The minimum atomic E-state index is -0.103. The highest BCUT2D eigenvalue weighted by Gasteiger charge is 2.16. The summed E-state index contributed by atoms with van der Waals surface area (Å²) in [4.78, 5) is 12.4. The van der Waals surface area contributed by atoms with Crippen LogP contribution in [-0.4, -0.2) is 10.9 Å². The Hall–Kier alpha value is -1.61. The van der Waals surface area contributed by atoms with E-state index in [-0.39, 0.29) is 16.9 Å². The zero-order valence-electron chi connectivity index (χ0n) is 11.8. The summed E-state index contributed by atoms with van der Waals surface area (Å²) in [5.74, 6) is -0.0175. The number of carbonyl (C=O) groups excluding carboxylic acids is 1. The van der Waals surface area contributed by atoms with Crippen molar-refractivity contribution in [3.63, 3.8) is 0 Å². The van der Waals surface area contributed by atoms with Gasteiger partial charge in [-0.15, -0.1) is 0 Å². The number of aromatic hydroxyl groups is 1. The average Bonchev–Trinajstić information content (AvgIpc) is 2.40. The summed E-state index contributed by atoms with van der Waals surface area (Å²) in [6, 6.07) is 12.3. The molecule has 0 amide bonds. The van der Waals surface area contributed by atoms with Crippen LogP contribution in [0.25, 0.3) is 0 Å². The molecule has 0 radical (unpaired) electrons. The van der Waals surface area contributed by atoms with Gasteiger partial charge in [0.1, 0.15) is 5.75 Å². The van der Waals surface area contributed by atoms with Crippen LogP contribution in [0.15, 0.2) is 46.9 Å². The van der Waals surface area contributed by atoms with Gasteiger partial charge in [-0.1, -0.05) is 61.0 Å². The van der Waals surface area contributed by atoms with Crippen molar-refractivity contribution in [1.29, 1.82) is 0 Å². The maximum absolute atomic E-state index is 12.4. The van der Waals surface area contributed by atoms with Crippen LogP contribution in [0.4, 0.5) is 0 Å². The molecule has 20 heavy (non-hydrogen) atoms. The van der Waals surface area contributed by atoms with Gasteiger partial charge in [0.25, 0.3) is 0 Å². The summed E-state index contributed by atoms with van der Waals surface area (Å²) in [5.41, 5.74) is 2.33. The summed E-state index contributed by atoms with van der Waals surface area (Å²) in [7, 11) is 0. The highest BCUT2D eigenvalue weighted by Crippen LogP contribution is 2.26. The number of rotatable bonds is 2. The van der Waals surface area contributed by atoms with Gasteiger partial charge in [-0.3, -0.25) is 4.79 Å². The van der Waals surface area contributed by atoms with Crippen LogP contribution >= 0.6 is 15.9 Å². The Balaban J connectivity index is 2.37. The Morgan fingerprint density at radius 2 is 1.65 bits per heavy atom. The van der Waals surface area contributed by atoms with Crippen molar-refractivity contribution in [3.8, 4) is 5.75 Å². The fourth-order valence-electron chi connectivity index (χ4n) is 1.96. The van der Waals surface area contributed by atoms with Crippen LogP contribution in [0.5, 0.6) is 5.75 Å². The van der Waals surface area contributed by atoms with E-state index in [1.54, 1.807) is 12.1 Å². The van der Waals surface area contributed by atoms with E-state index in [1.165, 1.54) is 11.6 Å². The van der Waals surface area contributed by atoms with Gasteiger partial charge in [0.2, 0.25) is 0 Å². The van der Waals surface area contributed by atoms with Crippen molar-refractivity contribution in [3.05, 3.63) is 63.6 Å². The zero-order chi connectivity index (χ0) is 14.9. The SMILES string of the molecule is CC(C)(C)c1ccc(C(=O)c2cc(O)ccc2Br)cc1. The van der Waals surface area contributed by atoms with E-state index in [0.717, 1.165) is 0 Å². The Labute approximate surface area is 127 Å². The summed E-state index contributed by atoms with van der Waals surface area (Å²) in [6.07, 6.45) is 0. The highest BCUT2D eigenvalue weighted by molar-refractivity contribution is 9.10. The molecule has 0 aliphatic carbocycles. The molecule has 0 fully saturated rings. The van der Waals surface area contributed by atoms with Gasteiger partial charge in [-0.05, 0) is 29.2 Å². The van der Waals surface area contributed by atoms with E-state index in [1.807, 2.05) is 24.3 Å². The van der Waals surface area contributed by atoms with Gasteiger partial charge in [-0.2, -0.15) is 0 Å². The molecule has 0 saturated heterocycles. The third-order valence-corrected chi connectivity index (χ3v) is 3.90. The van der Waals surface area contributed by atoms with E-state index in [0.29, 0.717) is 15.6 Å². The van der Waals surface area contributed by atoms with Gasteiger partial charge >= 0.3 is 0 Å². The minimum absolute atomic E-state index is 0.0627. The number of phenolic OH excluding ortho intramolecular Hbond substituents is 1. The number of hydrogen-bond donors (Lipinski definition) is 1. The molecule has 0 aliphatic rings. The van der Waals surface area contributed by atoms with Crippen molar-refractivity contribution < 1.29 is 9.90 Å². The first-order valence-electron chi connectivity index (χ1n) is 6.43. The highest BCUT2D eigenvalue weighted by atomic mass is 79.9. The molecule has 0 atom stereocenters. The molecule has 2 nitrogen and oxygen atoms in total. The van der Waals surface area contributed by atoms with Crippen molar-refractivity contribution in [1.82, 2.24) is 0 Å². The van der Waals surface area contributed by atoms with Gasteiger partial charge < -0.3 is 5.11 Å². The summed E-state index contributed by atoms with van der Waals surface area (Å²) in [5, 5.41) is 9.51. The first kappa shape index (κ1) is 14.8. The van der Waals surface area contributed by atoms with Gasteiger partial charge in [0, 0.05) is 15.6 Å². The van der Waals surface area contributed by atoms with Crippen molar-refractivity contribution in [2.75, 3.05) is 0 Å². The largest absolute Gasteiger partial charge is 0.508 e. The topological polar surface area (TPSA) is 37.3 Å². The van der Waals surface area contributed by atoms with Crippen LogP contribution in [0.1, 0.15) is 42.3 Å². The molecule has 0 spiro atoms. The van der Waals surface area contributed by atoms with Gasteiger partial charge in [-0.25, -0.2) is 0 Å². The smallest absolute Gasteiger partial charge is 0.194 e. The average molecular weight is 333 g/mol. The molecule has 1 N–H and O–H groups in total. The quantitative estimate of drug-likeness (QED) is 0.810. The maximum Gasteiger partial charge on any atom is 0.194 e. The number of phenols is 1. The lowest BCUT2D eigenvalue weighted by Gasteiger charge is -2.19. The van der Waals surface area contributed by atoms with Crippen molar-refractivity contribution in [2.24, 2.45) is 0 Å². The molecule has 0 aromatic heterocycles. The maximum atomic E-state index is 12.4.